The summed E-state index contributed by atoms with van der Waals surface area (Å²) in [5, 5.41) is 11.6. The number of hydrogen-bond acceptors (Lipinski definition) is 2. The maximum atomic E-state index is 10.5. The van der Waals surface area contributed by atoms with Crippen molar-refractivity contribution < 1.29 is 9.90 Å². The van der Waals surface area contributed by atoms with Gasteiger partial charge in [0.15, 0.2) is 0 Å². The van der Waals surface area contributed by atoms with Crippen LogP contribution in [0.25, 0.3) is 0 Å². The molecule has 0 aliphatic heterocycles. The smallest absolute Gasteiger partial charge is 0.320 e. The third-order valence-electron chi connectivity index (χ3n) is 3.08. The summed E-state index contributed by atoms with van der Waals surface area (Å²) >= 11 is 0. The third kappa shape index (κ3) is 4.09. The van der Waals surface area contributed by atoms with E-state index < -0.39 is 12.0 Å². The molecule has 1 atom stereocenters. The van der Waals surface area contributed by atoms with Crippen molar-refractivity contribution >= 4 is 5.97 Å². The Balaban J connectivity index is 1.95. The van der Waals surface area contributed by atoms with Crippen LogP contribution in [-0.2, 0) is 4.79 Å². The first-order valence-electron chi connectivity index (χ1n) is 5.66. The lowest BCUT2D eigenvalue weighted by molar-refractivity contribution is -0.138. The molecule has 1 unspecified atom stereocenters. The molecule has 1 aliphatic carbocycles. The molecule has 82 valence electrons. The first kappa shape index (κ1) is 11.5. The van der Waals surface area contributed by atoms with E-state index in [1.54, 1.807) is 6.92 Å². The van der Waals surface area contributed by atoms with Crippen LogP contribution in [0.5, 0.6) is 0 Å². The monoisotopic (exact) mass is 199 g/mol. The Morgan fingerprint density at radius 1 is 1.50 bits per heavy atom. The lowest BCUT2D eigenvalue weighted by Crippen LogP contribution is -2.34. The average Bonchev–Trinajstić information content (AvgIpc) is 2.64. The van der Waals surface area contributed by atoms with Gasteiger partial charge in [0, 0.05) is 0 Å². The van der Waals surface area contributed by atoms with Gasteiger partial charge in [-0.2, -0.15) is 0 Å². The molecule has 14 heavy (non-hydrogen) atoms. The summed E-state index contributed by atoms with van der Waals surface area (Å²) in [6.45, 7) is 2.53. The number of rotatable bonds is 6. The van der Waals surface area contributed by atoms with Gasteiger partial charge in [-0.25, -0.2) is 0 Å². The van der Waals surface area contributed by atoms with Crippen molar-refractivity contribution in [2.24, 2.45) is 5.92 Å². The van der Waals surface area contributed by atoms with Gasteiger partial charge in [0.2, 0.25) is 0 Å². The molecular weight excluding hydrogens is 178 g/mol. The fourth-order valence-corrected chi connectivity index (χ4v) is 2.10. The summed E-state index contributed by atoms with van der Waals surface area (Å²) in [4.78, 5) is 10.5. The maximum Gasteiger partial charge on any atom is 0.320 e. The molecule has 0 spiro atoms. The molecule has 0 bridgehead atoms. The normalized spacial score (nSPS) is 19.8. The van der Waals surface area contributed by atoms with E-state index in [4.69, 9.17) is 5.11 Å². The molecule has 0 aromatic rings. The summed E-state index contributed by atoms with van der Waals surface area (Å²) < 4.78 is 0. The first-order valence-corrected chi connectivity index (χ1v) is 5.66. The van der Waals surface area contributed by atoms with Crippen LogP contribution in [0, 0.1) is 5.92 Å². The Morgan fingerprint density at radius 3 is 2.71 bits per heavy atom. The zero-order valence-corrected chi connectivity index (χ0v) is 8.96. The molecule has 0 saturated heterocycles. The van der Waals surface area contributed by atoms with Crippen LogP contribution < -0.4 is 5.32 Å². The standard InChI is InChI=1S/C11H21NO2/c1-9(11(13)14)12-8-4-7-10-5-2-3-6-10/h9-10,12H,2-8H2,1H3,(H,13,14). The predicted octanol–water partition coefficient (Wildman–Crippen LogP) is 2.02. The lowest BCUT2D eigenvalue weighted by atomic mass is 10.0. The van der Waals surface area contributed by atoms with Crippen LogP contribution in [0.4, 0.5) is 0 Å². The molecule has 0 aromatic carbocycles. The molecule has 0 radical (unpaired) electrons. The van der Waals surface area contributed by atoms with Crippen molar-refractivity contribution in [3.05, 3.63) is 0 Å². The molecule has 0 amide bonds. The number of carboxylic acids is 1. The van der Waals surface area contributed by atoms with E-state index in [0.29, 0.717) is 0 Å². The summed E-state index contributed by atoms with van der Waals surface area (Å²) in [6.07, 6.45) is 7.93. The zero-order chi connectivity index (χ0) is 10.4. The second-order valence-electron chi connectivity index (χ2n) is 4.31. The van der Waals surface area contributed by atoms with Crippen molar-refractivity contribution in [2.75, 3.05) is 6.54 Å². The quantitative estimate of drug-likeness (QED) is 0.643. The van der Waals surface area contributed by atoms with Crippen LogP contribution in [-0.4, -0.2) is 23.7 Å². The van der Waals surface area contributed by atoms with E-state index in [1.807, 2.05) is 0 Å². The van der Waals surface area contributed by atoms with Gasteiger partial charge in [0.1, 0.15) is 6.04 Å². The molecule has 0 heterocycles. The fraction of sp³-hybridized carbons (Fsp3) is 0.909. The third-order valence-corrected chi connectivity index (χ3v) is 3.08. The van der Waals surface area contributed by atoms with E-state index in [9.17, 15) is 4.79 Å². The minimum absolute atomic E-state index is 0.404. The van der Waals surface area contributed by atoms with Crippen LogP contribution in [0.2, 0.25) is 0 Å². The van der Waals surface area contributed by atoms with Gasteiger partial charge in [-0.1, -0.05) is 25.7 Å². The molecular formula is C11H21NO2. The predicted molar refractivity (Wildman–Crippen MR) is 56.3 cm³/mol. The molecule has 2 N–H and O–H groups in total. The lowest BCUT2D eigenvalue weighted by Gasteiger charge is -2.11. The van der Waals surface area contributed by atoms with Crippen LogP contribution in [0.1, 0.15) is 45.4 Å². The summed E-state index contributed by atoms with van der Waals surface area (Å²) in [5.74, 6) is 0.155. The van der Waals surface area contributed by atoms with Crippen LogP contribution in [0.15, 0.2) is 0 Å². The van der Waals surface area contributed by atoms with Gasteiger partial charge in [-0.3, -0.25) is 4.79 Å². The second kappa shape index (κ2) is 6.02. The fourth-order valence-electron chi connectivity index (χ4n) is 2.10. The van der Waals surface area contributed by atoms with Crippen molar-refractivity contribution in [2.45, 2.75) is 51.5 Å². The van der Waals surface area contributed by atoms with Gasteiger partial charge in [0.05, 0.1) is 0 Å². The number of carboxylic acid groups (broad SMARTS) is 1. The zero-order valence-electron chi connectivity index (χ0n) is 8.96. The number of nitrogens with one attached hydrogen (secondary N) is 1. The van der Waals surface area contributed by atoms with Gasteiger partial charge in [-0.05, 0) is 32.2 Å². The van der Waals surface area contributed by atoms with Gasteiger partial charge in [-0.15, -0.1) is 0 Å². The van der Waals surface area contributed by atoms with Gasteiger partial charge < -0.3 is 10.4 Å². The summed E-state index contributed by atoms with van der Waals surface area (Å²) in [5.41, 5.74) is 0. The Hall–Kier alpha value is -0.570. The number of hydrogen-bond donors (Lipinski definition) is 2. The Kier molecular flexibility index (Phi) is 4.94. The van der Waals surface area contributed by atoms with Gasteiger partial charge >= 0.3 is 5.97 Å². The molecule has 3 nitrogen and oxygen atoms in total. The number of carbonyl (C=O) groups is 1. The van der Waals surface area contributed by atoms with Crippen molar-refractivity contribution in [3.63, 3.8) is 0 Å². The molecule has 1 aliphatic rings. The minimum atomic E-state index is -0.758. The topological polar surface area (TPSA) is 49.3 Å². The summed E-state index contributed by atoms with van der Waals surface area (Å²) in [7, 11) is 0. The van der Waals surface area contributed by atoms with E-state index in [2.05, 4.69) is 5.32 Å². The Morgan fingerprint density at radius 2 is 2.14 bits per heavy atom. The largest absolute Gasteiger partial charge is 0.480 e. The van der Waals surface area contributed by atoms with Crippen molar-refractivity contribution in [1.82, 2.24) is 5.32 Å². The van der Waals surface area contributed by atoms with E-state index >= 15 is 0 Å². The van der Waals surface area contributed by atoms with Crippen molar-refractivity contribution in [3.8, 4) is 0 Å². The Labute approximate surface area is 85.9 Å². The highest BCUT2D eigenvalue weighted by Crippen LogP contribution is 2.28. The minimum Gasteiger partial charge on any atom is -0.480 e. The van der Waals surface area contributed by atoms with E-state index in [1.165, 1.54) is 32.1 Å². The molecule has 0 aromatic heterocycles. The van der Waals surface area contributed by atoms with E-state index in [-0.39, 0.29) is 0 Å². The van der Waals surface area contributed by atoms with Crippen LogP contribution >= 0.6 is 0 Å². The van der Waals surface area contributed by atoms with Crippen molar-refractivity contribution in [1.29, 1.82) is 0 Å². The highest BCUT2D eigenvalue weighted by molar-refractivity contribution is 5.72. The molecule has 1 rings (SSSR count). The molecule has 1 fully saturated rings. The highest BCUT2D eigenvalue weighted by atomic mass is 16.4. The van der Waals surface area contributed by atoms with E-state index in [0.717, 1.165) is 18.9 Å². The first-order chi connectivity index (χ1) is 6.70. The highest BCUT2D eigenvalue weighted by Gasteiger charge is 2.14. The molecule has 3 heteroatoms. The second-order valence-corrected chi connectivity index (χ2v) is 4.31. The number of aliphatic carboxylic acids is 1. The Bertz CT molecular complexity index is 176. The van der Waals surface area contributed by atoms with Crippen LogP contribution in [0.3, 0.4) is 0 Å². The summed E-state index contributed by atoms with van der Waals surface area (Å²) in [6, 6.07) is -0.404. The maximum absolute atomic E-state index is 10.5. The molecule has 1 saturated carbocycles. The average molecular weight is 199 g/mol. The SMILES string of the molecule is CC(NCCCC1CCCC1)C(=O)O. The van der Waals surface area contributed by atoms with Gasteiger partial charge in [0.25, 0.3) is 0 Å².